The molecule has 0 aromatic heterocycles. The van der Waals surface area contributed by atoms with E-state index in [1.807, 2.05) is 25.1 Å². The third kappa shape index (κ3) is 6.32. The number of piperidine rings is 1. The second kappa shape index (κ2) is 10.1. The quantitative estimate of drug-likeness (QED) is 0.743. The predicted molar refractivity (Wildman–Crippen MR) is 93.3 cm³/mol. The van der Waals surface area contributed by atoms with Gasteiger partial charge in [-0.15, -0.1) is 0 Å². The lowest BCUT2D eigenvalue weighted by Crippen LogP contribution is -2.43. The zero-order valence-corrected chi connectivity index (χ0v) is 14.5. The fraction of sp³-hybridized carbons (Fsp3) is 0.579. The van der Waals surface area contributed by atoms with Crippen molar-refractivity contribution in [1.29, 1.82) is 0 Å². The lowest BCUT2D eigenvalue weighted by molar-refractivity contribution is -0.143. The molecule has 0 saturated carbocycles. The van der Waals surface area contributed by atoms with Gasteiger partial charge in [-0.3, -0.25) is 14.5 Å². The highest BCUT2D eigenvalue weighted by Crippen LogP contribution is 2.18. The van der Waals surface area contributed by atoms with Gasteiger partial charge in [0, 0.05) is 19.6 Å². The van der Waals surface area contributed by atoms with Gasteiger partial charge in [0.15, 0.2) is 0 Å². The third-order valence-corrected chi connectivity index (χ3v) is 4.22. The number of carbonyl (C=O) groups excluding carboxylic acids is 2. The molecule has 1 unspecified atom stereocenters. The van der Waals surface area contributed by atoms with Crippen molar-refractivity contribution in [3.63, 3.8) is 0 Å². The van der Waals surface area contributed by atoms with E-state index in [1.165, 1.54) is 5.56 Å². The minimum atomic E-state index is -0.244. The molecule has 1 aliphatic rings. The average molecular weight is 332 g/mol. The Morgan fingerprint density at radius 3 is 2.83 bits per heavy atom. The molecule has 132 valence electrons. The summed E-state index contributed by atoms with van der Waals surface area (Å²) in [5.74, 6) is -0.184. The lowest BCUT2D eigenvalue weighted by Gasteiger charge is -2.32. The van der Waals surface area contributed by atoms with Crippen LogP contribution in [0.15, 0.2) is 30.3 Å². The Labute approximate surface area is 144 Å². The molecule has 0 bridgehead atoms. The van der Waals surface area contributed by atoms with Crippen LogP contribution in [0.4, 0.5) is 0 Å². The highest BCUT2D eigenvalue weighted by atomic mass is 16.5. The number of ether oxygens (including phenoxy) is 1. The molecular formula is C19H28N2O3. The summed E-state index contributed by atoms with van der Waals surface area (Å²) >= 11 is 0. The molecule has 1 atom stereocenters. The summed E-state index contributed by atoms with van der Waals surface area (Å²) in [6.07, 6.45) is 3.00. The maximum atomic E-state index is 12.3. The van der Waals surface area contributed by atoms with Crippen molar-refractivity contribution in [2.45, 2.75) is 39.2 Å². The zero-order chi connectivity index (χ0) is 17.2. The first kappa shape index (κ1) is 18.5. The number of benzene rings is 1. The molecule has 2 rings (SSSR count). The topological polar surface area (TPSA) is 58.6 Å². The van der Waals surface area contributed by atoms with Crippen molar-refractivity contribution < 1.29 is 14.3 Å². The summed E-state index contributed by atoms with van der Waals surface area (Å²) in [7, 11) is 0. The van der Waals surface area contributed by atoms with Crippen molar-refractivity contribution in [2.24, 2.45) is 5.92 Å². The molecule has 0 spiro atoms. The molecule has 1 fully saturated rings. The van der Waals surface area contributed by atoms with Gasteiger partial charge in [0.2, 0.25) is 5.91 Å². The number of nitrogens with zero attached hydrogens (tertiary/aromatic N) is 1. The van der Waals surface area contributed by atoms with Crippen LogP contribution in [-0.2, 0) is 20.9 Å². The van der Waals surface area contributed by atoms with Crippen molar-refractivity contribution in [2.75, 3.05) is 26.2 Å². The Morgan fingerprint density at radius 1 is 1.29 bits per heavy atom. The van der Waals surface area contributed by atoms with E-state index in [4.69, 9.17) is 4.74 Å². The fourth-order valence-corrected chi connectivity index (χ4v) is 2.97. The summed E-state index contributed by atoms with van der Waals surface area (Å²) in [6.45, 7) is 5.46. The van der Waals surface area contributed by atoms with Crippen molar-refractivity contribution >= 4 is 11.9 Å². The maximum absolute atomic E-state index is 12.3. The SMILES string of the molecule is CCCOC(=O)CCNC(=O)C1CCCN(Cc2ccccc2)C1. The molecule has 0 aliphatic carbocycles. The molecule has 1 aromatic rings. The number of amides is 1. The molecular weight excluding hydrogens is 304 g/mol. The molecule has 5 nitrogen and oxygen atoms in total. The summed E-state index contributed by atoms with van der Waals surface area (Å²) in [5, 5.41) is 2.88. The molecule has 5 heteroatoms. The molecule has 1 saturated heterocycles. The maximum Gasteiger partial charge on any atom is 0.307 e. The Morgan fingerprint density at radius 2 is 2.08 bits per heavy atom. The van der Waals surface area contributed by atoms with Crippen molar-refractivity contribution in [3.05, 3.63) is 35.9 Å². The molecule has 24 heavy (non-hydrogen) atoms. The van der Waals surface area contributed by atoms with E-state index >= 15 is 0 Å². The fourth-order valence-electron chi connectivity index (χ4n) is 2.97. The van der Waals surface area contributed by atoms with Gasteiger partial charge < -0.3 is 10.1 Å². The van der Waals surface area contributed by atoms with Gasteiger partial charge in [0.25, 0.3) is 0 Å². The minimum absolute atomic E-state index is 0.00845. The first-order valence-corrected chi connectivity index (χ1v) is 8.88. The number of likely N-dealkylation sites (tertiary alicyclic amines) is 1. The number of esters is 1. The van der Waals surface area contributed by atoms with Crippen LogP contribution in [0.1, 0.15) is 38.2 Å². The number of nitrogens with one attached hydrogen (secondary N) is 1. The number of carbonyl (C=O) groups is 2. The standard InChI is InChI=1S/C19H28N2O3/c1-2-13-24-18(22)10-11-20-19(23)17-9-6-12-21(15-17)14-16-7-4-3-5-8-16/h3-5,7-8,17H,2,6,9-15H2,1H3,(H,20,23). The highest BCUT2D eigenvalue weighted by Gasteiger charge is 2.25. The molecule has 1 heterocycles. The largest absolute Gasteiger partial charge is 0.466 e. The van der Waals surface area contributed by atoms with Crippen LogP contribution in [0.2, 0.25) is 0 Å². The summed E-state index contributed by atoms with van der Waals surface area (Å²) < 4.78 is 5.00. The van der Waals surface area contributed by atoms with Crippen LogP contribution in [0.25, 0.3) is 0 Å². The number of hydrogen-bond donors (Lipinski definition) is 1. The van der Waals surface area contributed by atoms with Crippen molar-refractivity contribution in [3.8, 4) is 0 Å². The Hall–Kier alpha value is -1.88. The Bertz CT molecular complexity index is 519. The monoisotopic (exact) mass is 332 g/mol. The molecule has 0 radical (unpaired) electrons. The van der Waals surface area contributed by atoms with E-state index in [2.05, 4.69) is 22.3 Å². The second-order valence-electron chi connectivity index (χ2n) is 6.32. The van der Waals surface area contributed by atoms with Gasteiger partial charge in [-0.1, -0.05) is 37.3 Å². The van der Waals surface area contributed by atoms with Crippen LogP contribution in [0.5, 0.6) is 0 Å². The summed E-state index contributed by atoms with van der Waals surface area (Å²) in [5.41, 5.74) is 1.28. The van der Waals surface area contributed by atoms with Crippen molar-refractivity contribution in [1.82, 2.24) is 10.2 Å². The van der Waals surface area contributed by atoms with E-state index in [0.717, 1.165) is 38.9 Å². The van der Waals surface area contributed by atoms with Gasteiger partial charge in [-0.05, 0) is 31.4 Å². The minimum Gasteiger partial charge on any atom is -0.466 e. The first-order valence-electron chi connectivity index (χ1n) is 8.88. The molecule has 1 N–H and O–H groups in total. The zero-order valence-electron chi connectivity index (χ0n) is 14.5. The Balaban J connectivity index is 1.71. The van der Waals surface area contributed by atoms with Crippen LogP contribution < -0.4 is 5.32 Å². The van der Waals surface area contributed by atoms with Gasteiger partial charge in [0.05, 0.1) is 18.9 Å². The Kier molecular flexibility index (Phi) is 7.75. The van der Waals surface area contributed by atoms with E-state index in [1.54, 1.807) is 0 Å². The predicted octanol–water partition coefficient (Wildman–Crippen LogP) is 2.36. The number of rotatable bonds is 8. The van der Waals surface area contributed by atoms with E-state index in [9.17, 15) is 9.59 Å². The van der Waals surface area contributed by atoms with Crippen LogP contribution in [0.3, 0.4) is 0 Å². The lowest BCUT2D eigenvalue weighted by atomic mass is 9.96. The van der Waals surface area contributed by atoms with E-state index in [-0.39, 0.29) is 24.2 Å². The van der Waals surface area contributed by atoms with E-state index in [0.29, 0.717) is 13.2 Å². The molecule has 1 aliphatic heterocycles. The third-order valence-electron chi connectivity index (χ3n) is 4.22. The van der Waals surface area contributed by atoms with Crippen LogP contribution in [-0.4, -0.2) is 43.0 Å². The summed E-state index contributed by atoms with van der Waals surface area (Å²) in [4.78, 5) is 26.1. The average Bonchev–Trinajstić information content (AvgIpc) is 2.61. The second-order valence-corrected chi connectivity index (χ2v) is 6.32. The van der Waals surface area contributed by atoms with E-state index < -0.39 is 0 Å². The highest BCUT2D eigenvalue weighted by molar-refractivity contribution is 5.79. The van der Waals surface area contributed by atoms with Gasteiger partial charge in [0.1, 0.15) is 0 Å². The summed E-state index contributed by atoms with van der Waals surface area (Å²) in [6, 6.07) is 10.3. The number of hydrogen-bond acceptors (Lipinski definition) is 4. The molecule has 1 amide bonds. The van der Waals surface area contributed by atoms with Crippen LogP contribution in [0, 0.1) is 5.92 Å². The van der Waals surface area contributed by atoms with Crippen LogP contribution >= 0.6 is 0 Å². The first-order chi connectivity index (χ1) is 11.7. The van der Waals surface area contributed by atoms with Gasteiger partial charge in [-0.2, -0.15) is 0 Å². The van der Waals surface area contributed by atoms with Gasteiger partial charge in [-0.25, -0.2) is 0 Å². The normalized spacial score (nSPS) is 18.1. The molecule has 1 aromatic carbocycles. The smallest absolute Gasteiger partial charge is 0.307 e. The van der Waals surface area contributed by atoms with Gasteiger partial charge >= 0.3 is 5.97 Å².